The number of morpholine rings is 1. The topological polar surface area (TPSA) is 24.5 Å². The van der Waals surface area contributed by atoms with Crippen LogP contribution in [0.15, 0.2) is 24.3 Å². The highest BCUT2D eigenvalue weighted by atomic mass is 16.5. The first kappa shape index (κ1) is 15.5. The van der Waals surface area contributed by atoms with Crippen molar-refractivity contribution in [2.45, 2.75) is 38.8 Å². The number of nitrogens with one attached hydrogen (secondary N) is 1. The number of hydrogen-bond donors (Lipinski definition) is 1. The molecule has 2 unspecified atom stereocenters. The number of likely N-dealkylation sites (N-methyl/N-ethyl adjacent to an activating group) is 1. The molecule has 1 heterocycles. The van der Waals surface area contributed by atoms with Gasteiger partial charge in [-0.2, -0.15) is 0 Å². The molecule has 20 heavy (non-hydrogen) atoms. The van der Waals surface area contributed by atoms with Crippen molar-refractivity contribution >= 4 is 0 Å². The zero-order chi connectivity index (χ0) is 14.4. The molecule has 2 atom stereocenters. The summed E-state index contributed by atoms with van der Waals surface area (Å²) in [6.45, 7) is 8.25. The first-order valence-electron chi connectivity index (χ1n) is 7.82. The van der Waals surface area contributed by atoms with Crippen molar-refractivity contribution in [3.63, 3.8) is 0 Å². The maximum atomic E-state index is 5.78. The fourth-order valence-corrected chi connectivity index (χ4v) is 2.72. The van der Waals surface area contributed by atoms with Crippen LogP contribution in [0.1, 0.15) is 37.4 Å². The van der Waals surface area contributed by atoms with Gasteiger partial charge in [-0.25, -0.2) is 0 Å². The molecule has 1 aliphatic rings. The molecule has 0 bridgehead atoms. The third kappa shape index (κ3) is 4.30. The van der Waals surface area contributed by atoms with Crippen LogP contribution < -0.4 is 5.32 Å². The average molecular weight is 276 g/mol. The molecule has 1 fully saturated rings. The number of hydrogen-bond acceptors (Lipinski definition) is 3. The van der Waals surface area contributed by atoms with E-state index in [0.717, 1.165) is 26.2 Å². The molecule has 3 heteroatoms. The van der Waals surface area contributed by atoms with Crippen LogP contribution in [0.5, 0.6) is 0 Å². The molecule has 112 valence electrons. The van der Waals surface area contributed by atoms with E-state index in [9.17, 15) is 0 Å². The van der Waals surface area contributed by atoms with Gasteiger partial charge in [0, 0.05) is 25.7 Å². The van der Waals surface area contributed by atoms with Crippen LogP contribution in [0.4, 0.5) is 0 Å². The van der Waals surface area contributed by atoms with Gasteiger partial charge in [-0.05, 0) is 31.5 Å². The third-order valence-electron chi connectivity index (χ3n) is 4.16. The lowest BCUT2D eigenvalue weighted by Crippen LogP contribution is -2.44. The summed E-state index contributed by atoms with van der Waals surface area (Å²) in [6, 6.07) is 9.50. The minimum atomic E-state index is 0.315. The highest BCUT2D eigenvalue weighted by Gasteiger charge is 2.19. The van der Waals surface area contributed by atoms with Gasteiger partial charge in [-0.3, -0.25) is 4.90 Å². The van der Waals surface area contributed by atoms with Gasteiger partial charge in [0.1, 0.15) is 0 Å². The molecule has 1 saturated heterocycles. The summed E-state index contributed by atoms with van der Waals surface area (Å²) in [7, 11) is 2.18. The van der Waals surface area contributed by atoms with Crippen molar-refractivity contribution < 1.29 is 4.74 Å². The number of rotatable bonds is 6. The number of nitrogens with zero attached hydrogens (tertiary/aromatic N) is 1. The Morgan fingerprint density at radius 2 is 2.10 bits per heavy atom. The van der Waals surface area contributed by atoms with Gasteiger partial charge in [0.25, 0.3) is 0 Å². The van der Waals surface area contributed by atoms with E-state index in [0.29, 0.717) is 12.1 Å². The van der Waals surface area contributed by atoms with E-state index in [1.54, 1.807) is 0 Å². The van der Waals surface area contributed by atoms with Crippen molar-refractivity contribution in [3.8, 4) is 0 Å². The predicted molar refractivity (Wildman–Crippen MR) is 84.1 cm³/mol. The Morgan fingerprint density at radius 3 is 2.70 bits per heavy atom. The zero-order valence-corrected chi connectivity index (χ0v) is 13.1. The van der Waals surface area contributed by atoms with Crippen molar-refractivity contribution in [1.82, 2.24) is 10.2 Å². The molecule has 1 aromatic rings. The highest BCUT2D eigenvalue weighted by molar-refractivity contribution is 5.24. The largest absolute Gasteiger partial charge is 0.374 e. The second-order valence-electron chi connectivity index (χ2n) is 5.80. The lowest BCUT2D eigenvalue weighted by molar-refractivity contribution is 0.00393. The summed E-state index contributed by atoms with van der Waals surface area (Å²) in [6.07, 6.45) is 2.70. The first-order valence-corrected chi connectivity index (χ1v) is 7.82. The molecular weight excluding hydrogens is 248 g/mol. The first-order chi connectivity index (χ1) is 9.70. The van der Waals surface area contributed by atoms with Crippen molar-refractivity contribution in [3.05, 3.63) is 35.4 Å². The Bertz CT molecular complexity index is 384. The van der Waals surface area contributed by atoms with Crippen LogP contribution in [-0.4, -0.2) is 44.3 Å². The second kappa shape index (κ2) is 7.77. The molecular formula is C17H28N2O. The molecule has 0 aromatic heterocycles. The lowest BCUT2D eigenvalue weighted by Gasteiger charge is -2.31. The summed E-state index contributed by atoms with van der Waals surface area (Å²) in [5, 5.41) is 3.39. The average Bonchev–Trinajstić information content (AvgIpc) is 2.48. The Kier molecular flexibility index (Phi) is 6.02. The summed E-state index contributed by atoms with van der Waals surface area (Å²) >= 11 is 0. The standard InChI is InChI=1S/C17H28N2O/c1-4-5-15-6-8-16(9-7-15)14(2)19(3)13-17-12-18-10-11-20-17/h6-9,14,17-18H,4-5,10-13H2,1-3H3. The molecule has 1 aliphatic heterocycles. The highest BCUT2D eigenvalue weighted by Crippen LogP contribution is 2.20. The van der Waals surface area contributed by atoms with Gasteiger partial charge in [-0.1, -0.05) is 37.6 Å². The Hall–Kier alpha value is -0.900. The zero-order valence-electron chi connectivity index (χ0n) is 13.1. The summed E-state index contributed by atoms with van der Waals surface area (Å²) in [4.78, 5) is 2.38. The van der Waals surface area contributed by atoms with Crippen LogP contribution in [-0.2, 0) is 11.2 Å². The molecule has 0 spiro atoms. The van der Waals surface area contributed by atoms with Gasteiger partial charge in [0.05, 0.1) is 12.7 Å². The maximum absolute atomic E-state index is 5.78. The molecule has 2 rings (SSSR count). The van der Waals surface area contributed by atoms with E-state index < -0.39 is 0 Å². The third-order valence-corrected chi connectivity index (χ3v) is 4.16. The van der Waals surface area contributed by atoms with E-state index in [4.69, 9.17) is 4.74 Å². The second-order valence-corrected chi connectivity index (χ2v) is 5.80. The van der Waals surface area contributed by atoms with Crippen LogP contribution in [0, 0.1) is 0 Å². The fourth-order valence-electron chi connectivity index (χ4n) is 2.72. The molecule has 1 aromatic carbocycles. The summed E-state index contributed by atoms with van der Waals surface area (Å²) in [5.41, 5.74) is 2.82. The minimum Gasteiger partial charge on any atom is -0.374 e. The van der Waals surface area contributed by atoms with Gasteiger partial charge >= 0.3 is 0 Å². The normalized spacial score (nSPS) is 21.1. The Balaban J connectivity index is 1.89. The smallest absolute Gasteiger partial charge is 0.0826 e. The summed E-state index contributed by atoms with van der Waals surface area (Å²) < 4.78 is 5.78. The SMILES string of the molecule is CCCc1ccc(C(C)N(C)CC2CNCCO2)cc1. The fraction of sp³-hybridized carbons (Fsp3) is 0.647. The van der Waals surface area contributed by atoms with Crippen LogP contribution in [0.25, 0.3) is 0 Å². The molecule has 3 nitrogen and oxygen atoms in total. The van der Waals surface area contributed by atoms with E-state index in [1.807, 2.05) is 0 Å². The van der Waals surface area contributed by atoms with E-state index in [-0.39, 0.29) is 0 Å². The predicted octanol–water partition coefficient (Wildman–Crippen LogP) is 2.62. The van der Waals surface area contributed by atoms with E-state index in [2.05, 4.69) is 55.4 Å². The number of benzene rings is 1. The van der Waals surface area contributed by atoms with Gasteiger partial charge in [-0.15, -0.1) is 0 Å². The minimum absolute atomic E-state index is 0.315. The van der Waals surface area contributed by atoms with E-state index >= 15 is 0 Å². The monoisotopic (exact) mass is 276 g/mol. The molecule has 0 amide bonds. The molecule has 0 radical (unpaired) electrons. The van der Waals surface area contributed by atoms with Crippen molar-refractivity contribution in [2.75, 3.05) is 33.3 Å². The van der Waals surface area contributed by atoms with Crippen molar-refractivity contribution in [1.29, 1.82) is 0 Å². The molecule has 0 saturated carbocycles. The van der Waals surface area contributed by atoms with Crippen LogP contribution in [0.3, 0.4) is 0 Å². The van der Waals surface area contributed by atoms with Crippen LogP contribution in [0.2, 0.25) is 0 Å². The number of aryl methyl sites for hydroxylation is 1. The van der Waals surface area contributed by atoms with Gasteiger partial charge in [0.15, 0.2) is 0 Å². The number of ether oxygens (including phenoxy) is 1. The lowest BCUT2D eigenvalue weighted by atomic mass is 10.0. The molecule has 0 aliphatic carbocycles. The summed E-state index contributed by atoms with van der Waals surface area (Å²) in [5.74, 6) is 0. The Labute approximate surface area is 123 Å². The molecule has 1 N–H and O–H groups in total. The van der Waals surface area contributed by atoms with Gasteiger partial charge in [0.2, 0.25) is 0 Å². The quantitative estimate of drug-likeness (QED) is 0.864. The van der Waals surface area contributed by atoms with Crippen LogP contribution >= 0.6 is 0 Å². The Morgan fingerprint density at radius 1 is 1.35 bits per heavy atom. The van der Waals surface area contributed by atoms with Gasteiger partial charge < -0.3 is 10.1 Å². The van der Waals surface area contributed by atoms with Crippen molar-refractivity contribution in [2.24, 2.45) is 0 Å². The van der Waals surface area contributed by atoms with E-state index in [1.165, 1.54) is 24.0 Å². The maximum Gasteiger partial charge on any atom is 0.0826 e.